The van der Waals surface area contributed by atoms with E-state index in [-0.39, 0.29) is 80.4 Å². The van der Waals surface area contributed by atoms with Gasteiger partial charge in [0.2, 0.25) is 0 Å². The third kappa shape index (κ3) is 29.0. The number of aryl methyl sites for hydroxylation is 7. The number of hydrogen-bond acceptors (Lipinski definition) is 8. The van der Waals surface area contributed by atoms with Gasteiger partial charge in [0.05, 0.1) is 0 Å². The van der Waals surface area contributed by atoms with Gasteiger partial charge >= 0.3 is 0 Å². The van der Waals surface area contributed by atoms with Gasteiger partial charge in [-0.1, -0.05) is 187 Å². The molecule has 0 fully saturated rings. The molecule has 12 aromatic carbocycles. The van der Waals surface area contributed by atoms with Crippen molar-refractivity contribution in [1.82, 2.24) is 39.9 Å². The van der Waals surface area contributed by atoms with Gasteiger partial charge in [-0.3, -0.25) is 0 Å². The van der Waals surface area contributed by atoms with Crippen LogP contribution >= 0.6 is 0 Å². The van der Waals surface area contributed by atoms with Crippen LogP contribution in [0.3, 0.4) is 0 Å². The van der Waals surface area contributed by atoms with Gasteiger partial charge in [-0.05, 0) is 232 Å². The molecule has 0 N–H and O–H groups in total. The van der Waals surface area contributed by atoms with E-state index in [2.05, 4.69) is 216 Å². The van der Waals surface area contributed by atoms with Crippen LogP contribution in [-0.2, 0) is 132 Å². The quantitative estimate of drug-likeness (QED) is 0.111. The second kappa shape index (κ2) is 54.4. The summed E-state index contributed by atoms with van der Waals surface area (Å²) in [7, 11) is 0. The van der Waals surface area contributed by atoms with Crippen LogP contribution in [0.4, 0.5) is 0 Å². The van der Waals surface area contributed by atoms with E-state index in [1.54, 1.807) is 12.4 Å². The molecule has 0 atom stereocenters. The van der Waals surface area contributed by atoms with Crippen LogP contribution in [-0.4, -0.2) is 39.9 Å². The van der Waals surface area contributed by atoms with Gasteiger partial charge in [0.25, 0.3) is 0 Å². The second-order valence-corrected chi connectivity index (χ2v) is 32.8. The molecule has 20 aromatic rings. The van der Waals surface area contributed by atoms with Crippen molar-refractivity contribution in [3.05, 3.63) is 531 Å². The predicted molar refractivity (Wildman–Crippen MR) is 547 cm³/mol. The molecule has 0 amide bonds. The van der Waals surface area contributed by atoms with Crippen LogP contribution in [0.15, 0.2) is 438 Å². The Morgan fingerprint density at radius 2 is 0.457 bits per heavy atom. The summed E-state index contributed by atoms with van der Waals surface area (Å²) in [5.41, 5.74) is 37.9. The average molecular weight is 2500 g/mol. The molecule has 4 aliphatic rings. The summed E-state index contributed by atoms with van der Waals surface area (Å²) in [6, 6.07) is 156. The summed E-state index contributed by atoms with van der Waals surface area (Å²) >= 11 is 0. The third-order valence-corrected chi connectivity index (χ3v) is 23.8. The van der Waals surface area contributed by atoms with Crippen LogP contribution < -0.4 is 0 Å². The van der Waals surface area contributed by atoms with E-state index in [0.717, 1.165) is 95.6 Å². The molecular weight excluding hydrogens is 2390 g/mol. The molecular formula is C126H100Ir4N8-8. The predicted octanol–water partition coefficient (Wildman–Crippen LogP) is 29.8. The fourth-order valence-electron chi connectivity index (χ4n) is 16.8. The molecule has 0 bridgehead atoms. The Morgan fingerprint density at radius 1 is 0.159 bits per heavy atom. The Kier molecular flexibility index (Phi) is 40.1. The minimum Gasteiger partial charge on any atom is -0.305 e. The average Bonchev–Trinajstić information content (AvgIpc) is 1.46. The molecule has 8 nitrogen and oxygen atoms in total. The van der Waals surface area contributed by atoms with Crippen LogP contribution in [0.1, 0.15) is 83.0 Å². The number of benzene rings is 12. The molecule has 688 valence electrons. The van der Waals surface area contributed by atoms with Crippen molar-refractivity contribution >= 4 is 0 Å². The van der Waals surface area contributed by atoms with Crippen molar-refractivity contribution in [2.45, 2.75) is 89.9 Å². The molecule has 0 spiro atoms. The van der Waals surface area contributed by atoms with Crippen LogP contribution in [0.5, 0.6) is 0 Å². The maximum Gasteiger partial charge on any atom is 0.0239 e. The molecule has 12 heteroatoms. The van der Waals surface area contributed by atoms with Crippen LogP contribution in [0, 0.1) is 48.5 Å². The molecule has 4 aliphatic carbocycles. The Balaban J connectivity index is 0.000000134. The van der Waals surface area contributed by atoms with E-state index in [1.807, 2.05) is 298 Å². The van der Waals surface area contributed by atoms with E-state index in [1.165, 1.54) is 173 Å². The summed E-state index contributed by atoms with van der Waals surface area (Å²) in [6.45, 7) is 0. The minimum atomic E-state index is 0. The molecule has 4 radical (unpaired) electrons. The van der Waals surface area contributed by atoms with Gasteiger partial charge in [-0.15, -0.1) is 287 Å². The topological polar surface area (TPSA) is 103 Å². The van der Waals surface area contributed by atoms with Crippen molar-refractivity contribution in [3.63, 3.8) is 0 Å². The maximum atomic E-state index is 4.61. The molecule has 0 unspecified atom stereocenters. The third-order valence-electron chi connectivity index (χ3n) is 23.8. The maximum absolute atomic E-state index is 4.61. The normalized spacial score (nSPS) is 11.7. The number of aromatic nitrogens is 8. The first-order valence-electron chi connectivity index (χ1n) is 46.2. The molecule has 138 heavy (non-hydrogen) atoms. The number of hydrogen-bond donors (Lipinski definition) is 0. The Labute approximate surface area is 867 Å². The van der Waals surface area contributed by atoms with Crippen LogP contribution in [0.25, 0.3) is 135 Å². The van der Waals surface area contributed by atoms with Crippen molar-refractivity contribution in [2.24, 2.45) is 0 Å². The molecule has 0 saturated heterocycles. The fraction of sp³-hybridized carbons (Fsp3) is 0.111. The second-order valence-electron chi connectivity index (χ2n) is 32.8. The van der Waals surface area contributed by atoms with Gasteiger partial charge in [0, 0.05) is 130 Å². The summed E-state index contributed by atoms with van der Waals surface area (Å²) < 4.78 is 0. The largest absolute Gasteiger partial charge is 0.305 e. The molecule has 0 aliphatic heterocycles. The van der Waals surface area contributed by atoms with Crippen molar-refractivity contribution in [3.8, 4) is 135 Å². The number of pyridine rings is 8. The Morgan fingerprint density at radius 3 is 0.855 bits per heavy atom. The molecule has 24 rings (SSSR count). The first kappa shape index (κ1) is 102. The van der Waals surface area contributed by atoms with Gasteiger partial charge in [0.15, 0.2) is 0 Å². The summed E-state index contributed by atoms with van der Waals surface area (Å²) in [5, 5.41) is 0. The first-order chi connectivity index (χ1) is 66.5. The summed E-state index contributed by atoms with van der Waals surface area (Å²) in [6.07, 6.45) is 32.7. The SMILES string of the molecule is [Ir].[Ir].[Ir].[Ir].[c-]1ccccc1-c1cc(-c2ccccc2)ccn1.[c-]1ccccc1-c1cc2c(cn1)CCC2.[c-]1ccccc1-c1ccc(-c2ccc3c(c2)CCC3)cn1.[c-]1ccccc1-c1ccc(-c2ccc3c(c2)CCCC3)cn1.[c-]1ccccc1-c1ccc(-c2ccccc2)cn1.[c-]1ccccc1-c1ccccn1.[c-]1ccccc1-c1ccccn1.[c-]1ccccc1-c1nccc2c1CCCC2. The number of nitrogens with zero attached hydrogens (tertiary/aromatic N) is 8. The molecule has 8 aromatic heterocycles. The zero-order valence-electron chi connectivity index (χ0n) is 76.4. The summed E-state index contributed by atoms with van der Waals surface area (Å²) in [4.78, 5) is 35.5. The zero-order valence-corrected chi connectivity index (χ0v) is 86.0. The van der Waals surface area contributed by atoms with Gasteiger partial charge in [-0.2, -0.15) is 0 Å². The monoisotopic (exact) mass is 2500 g/mol. The zero-order chi connectivity index (χ0) is 90.6. The fourth-order valence-corrected chi connectivity index (χ4v) is 16.8. The first-order valence-corrected chi connectivity index (χ1v) is 46.2. The smallest absolute Gasteiger partial charge is 0.0239 e. The van der Waals surface area contributed by atoms with Gasteiger partial charge in [-0.25, -0.2) is 0 Å². The number of rotatable bonds is 12. The van der Waals surface area contributed by atoms with E-state index in [0.29, 0.717) is 0 Å². The van der Waals surface area contributed by atoms with Crippen molar-refractivity contribution < 1.29 is 80.4 Å². The Bertz CT molecular complexity index is 6700. The van der Waals surface area contributed by atoms with E-state index in [4.69, 9.17) is 0 Å². The molecule has 0 saturated carbocycles. The van der Waals surface area contributed by atoms with Gasteiger partial charge < -0.3 is 39.9 Å². The van der Waals surface area contributed by atoms with Crippen LogP contribution in [0.2, 0.25) is 0 Å². The number of fused-ring (bicyclic) bond motifs is 4. The van der Waals surface area contributed by atoms with Crippen molar-refractivity contribution in [2.75, 3.05) is 0 Å². The standard InChI is InChI=1S/C21H18N.C20H16N.2C17H12N.C15H14N.C14H12N.2C11H8N.4Ir/c1-2-7-17(8-3-1)21-13-12-20(15-22-21)19-11-10-16-6-4-5-9-18(16)14-19;1-2-5-16(6-3-1)20-12-11-19(14-21-20)18-10-9-15-7-4-8-17(15)13-18;1-3-7-14(8-4-1)16-11-12-18-17(13-16)15-9-5-2-6-10-15;1-3-7-14(8-4-1)16-11-12-17(18-13-16)15-9-5-2-6-10-15;1-2-7-13(8-3-1)15-14-9-5-4-6-12(14)10-11-16-15;1-2-5-11(6-3-1)14-9-12-7-4-8-13(12)10-15-14;2*1-2-6-10(7-3-1)11-8-4-5-9-12-11;;;;/h1-3,7,10-15H,4-6,9H2;1-3,5,9-14H,4,7-8H2;2*1-9,11-13H;1-3,7,10-11H,4-6,9H2;1-3,5,9-10H,4,7-8H2;2*1-6,8-9H;;;;/q8*-1;;;;. The minimum absolute atomic E-state index is 0. The Hall–Kier alpha value is -13.6. The van der Waals surface area contributed by atoms with E-state index >= 15 is 0 Å². The van der Waals surface area contributed by atoms with E-state index in [9.17, 15) is 0 Å². The van der Waals surface area contributed by atoms with Crippen molar-refractivity contribution in [1.29, 1.82) is 0 Å². The molecule has 8 heterocycles. The van der Waals surface area contributed by atoms with E-state index < -0.39 is 0 Å². The summed E-state index contributed by atoms with van der Waals surface area (Å²) in [5.74, 6) is 0. The van der Waals surface area contributed by atoms with Gasteiger partial charge in [0.1, 0.15) is 0 Å².